The molecule has 20 heavy (non-hydrogen) atoms. The Kier molecular flexibility index (Phi) is 3.37. The van der Waals surface area contributed by atoms with E-state index in [1.165, 1.54) is 0 Å². The fourth-order valence-electron chi connectivity index (χ4n) is 2.00. The molecule has 0 unspecified atom stereocenters. The summed E-state index contributed by atoms with van der Waals surface area (Å²) in [4.78, 5) is 20.4. The number of fused-ring (bicyclic) bond motifs is 1. The van der Waals surface area contributed by atoms with Gasteiger partial charge in [0.25, 0.3) is 5.56 Å². The highest BCUT2D eigenvalue weighted by molar-refractivity contribution is 5.75. The van der Waals surface area contributed by atoms with Gasteiger partial charge in [0.1, 0.15) is 0 Å². The van der Waals surface area contributed by atoms with Gasteiger partial charge in [-0.2, -0.15) is 0 Å². The number of aromatic nitrogens is 3. The Hall–Kier alpha value is -2.75. The van der Waals surface area contributed by atoms with Gasteiger partial charge in [-0.05, 0) is 11.6 Å². The van der Waals surface area contributed by atoms with Crippen LogP contribution in [0.3, 0.4) is 0 Å². The normalized spacial score (nSPS) is 11.2. The first-order valence-corrected chi connectivity index (χ1v) is 6.35. The largest absolute Gasteiger partial charge is 0.295 e. The molecule has 0 spiro atoms. The minimum Gasteiger partial charge on any atom is -0.295 e. The van der Waals surface area contributed by atoms with Crippen LogP contribution in [0.25, 0.3) is 17.0 Å². The van der Waals surface area contributed by atoms with Gasteiger partial charge >= 0.3 is 0 Å². The molecule has 3 rings (SSSR count). The highest BCUT2D eigenvalue weighted by Crippen LogP contribution is 2.04. The molecule has 0 radical (unpaired) electrons. The molecule has 0 saturated carbocycles. The summed E-state index contributed by atoms with van der Waals surface area (Å²) >= 11 is 0. The Labute approximate surface area is 116 Å². The van der Waals surface area contributed by atoms with Crippen molar-refractivity contribution in [1.82, 2.24) is 14.5 Å². The minimum absolute atomic E-state index is 0.0687. The number of allylic oxidation sites excluding steroid dienone is 1. The van der Waals surface area contributed by atoms with Crippen molar-refractivity contribution in [3.8, 4) is 0 Å². The number of nitrogens with zero attached hydrogens (tertiary/aromatic N) is 3. The Bertz CT molecular complexity index is 807. The first kappa shape index (κ1) is 12.3. The van der Waals surface area contributed by atoms with E-state index in [0.717, 1.165) is 5.56 Å². The van der Waals surface area contributed by atoms with Crippen molar-refractivity contribution in [3.05, 3.63) is 77.1 Å². The maximum Gasteiger partial charge on any atom is 0.263 e. The highest BCUT2D eigenvalue weighted by Gasteiger charge is 2.01. The first-order chi connectivity index (χ1) is 9.84. The van der Waals surface area contributed by atoms with Gasteiger partial charge in [-0.15, -0.1) is 0 Å². The Balaban J connectivity index is 1.87. The molecule has 0 saturated heterocycles. The highest BCUT2D eigenvalue weighted by atomic mass is 16.1. The number of pyridine rings is 1. The molecule has 0 atom stereocenters. The number of hydrogen-bond donors (Lipinski definition) is 0. The standard InChI is InChI=1S/C16H13N3O/c20-16-14-11-17-9-8-15(14)18-12-19(16)10-4-7-13-5-2-1-3-6-13/h1-9,11-12H,10H2/b7-4+. The quantitative estimate of drug-likeness (QED) is 0.729. The van der Waals surface area contributed by atoms with Crippen molar-refractivity contribution in [2.45, 2.75) is 6.54 Å². The summed E-state index contributed by atoms with van der Waals surface area (Å²) < 4.78 is 1.57. The van der Waals surface area contributed by atoms with Crippen LogP contribution in [0, 0.1) is 0 Å². The molecule has 0 aliphatic rings. The molecular weight excluding hydrogens is 250 g/mol. The molecule has 98 valence electrons. The van der Waals surface area contributed by atoms with Crippen molar-refractivity contribution < 1.29 is 0 Å². The summed E-state index contributed by atoms with van der Waals surface area (Å²) in [5.41, 5.74) is 1.71. The lowest BCUT2D eigenvalue weighted by molar-refractivity contribution is 0.768. The van der Waals surface area contributed by atoms with Crippen LogP contribution in [-0.4, -0.2) is 14.5 Å². The maximum atomic E-state index is 12.2. The first-order valence-electron chi connectivity index (χ1n) is 6.35. The van der Waals surface area contributed by atoms with E-state index in [2.05, 4.69) is 9.97 Å². The lowest BCUT2D eigenvalue weighted by Crippen LogP contribution is -2.19. The minimum atomic E-state index is -0.0687. The topological polar surface area (TPSA) is 47.8 Å². The van der Waals surface area contributed by atoms with E-state index in [-0.39, 0.29) is 5.56 Å². The summed E-state index contributed by atoms with van der Waals surface area (Å²) in [6.07, 6.45) is 8.69. The number of hydrogen-bond acceptors (Lipinski definition) is 3. The molecule has 3 aromatic rings. The van der Waals surface area contributed by atoms with Gasteiger partial charge in [0.2, 0.25) is 0 Å². The third-order valence-electron chi connectivity index (χ3n) is 3.04. The van der Waals surface area contributed by atoms with Crippen LogP contribution >= 0.6 is 0 Å². The molecule has 2 aromatic heterocycles. The molecule has 4 nitrogen and oxygen atoms in total. The van der Waals surface area contributed by atoms with Gasteiger partial charge in [0.15, 0.2) is 0 Å². The summed E-state index contributed by atoms with van der Waals surface area (Å²) in [5.74, 6) is 0. The lowest BCUT2D eigenvalue weighted by atomic mass is 10.2. The van der Waals surface area contributed by atoms with Crippen LogP contribution in [0.2, 0.25) is 0 Å². The predicted octanol–water partition coefficient (Wildman–Crippen LogP) is 2.50. The molecule has 0 N–H and O–H groups in total. The van der Waals surface area contributed by atoms with Crippen molar-refractivity contribution in [2.24, 2.45) is 0 Å². The van der Waals surface area contributed by atoms with Gasteiger partial charge in [0, 0.05) is 18.9 Å². The van der Waals surface area contributed by atoms with Gasteiger partial charge in [-0.1, -0.05) is 42.5 Å². The Morgan fingerprint density at radius 3 is 2.85 bits per heavy atom. The summed E-state index contributed by atoms with van der Waals surface area (Å²) in [7, 11) is 0. The average molecular weight is 263 g/mol. The molecule has 0 aliphatic heterocycles. The van der Waals surface area contributed by atoms with E-state index in [0.29, 0.717) is 17.4 Å². The summed E-state index contributed by atoms with van der Waals surface area (Å²) in [5, 5.41) is 0.545. The number of rotatable bonds is 3. The van der Waals surface area contributed by atoms with E-state index in [1.54, 1.807) is 29.4 Å². The molecule has 4 heteroatoms. The third-order valence-corrected chi connectivity index (χ3v) is 3.04. The second-order valence-corrected chi connectivity index (χ2v) is 4.41. The second-order valence-electron chi connectivity index (χ2n) is 4.41. The van der Waals surface area contributed by atoms with Crippen LogP contribution in [0.5, 0.6) is 0 Å². The molecule has 0 bridgehead atoms. The zero-order valence-corrected chi connectivity index (χ0v) is 10.8. The van der Waals surface area contributed by atoms with E-state index in [4.69, 9.17) is 0 Å². The maximum absolute atomic E-state index is 12.2. The van der Waals surface area contributed by atoms with Gasteiger partial charge in [-0.25, -0.2) is 4.98 Å². The predicted molar refractivity (Wildman–Crippen MR) is 79.3 cm³/mol. The van der Waals surface area contributed by atoms with Crippen LogP contribution in [0.4, 0.5) is 0 Å². The second kappa shape index (κ2) is 5.48. The number of benzene rings is 1. The van der Waals surface area contributed by atoms with Gasteiger partial charge < -0.3 is 0 Å². The fraction of sp³-hybridized carbons (Fsp3) is 0.0625. The van der Waals surface area contributed by atoms with Crippen LogP contribution in [0.15, 0.2) is 66.0 Å². The SMILES string of the molecule is O=c1c2cnccc2ncn1C/C=C/c1ccccc1. The molecule has 2 heterocycles. The Morgan fingerprint density at radius 1 is 1.15 bits per heavy atom. The van der Waals surface area contributed by atoms with Crippen LogP contribution < -0.4 is 5.56 Å². The zero-order chi connectivity index (χ0) is 13.8. The molecule has 1 aromatic carbocycles. The van der Waals surface area contributed by atoms with Gasteiger partial charge in [-0.3, -0.25) is 14.3 Å². The van der Waals surface area contributed by atoms with Crippen molar-refractivity contribution in [1.29, 1.82) is 0 Å². The molecule has 0 fully saturated rings. The molecule has 0 amide bonds. The monoisotopic (exact) mass is 263 g/mol. The smallest absolute Gasteiger partial charge is 0.263 e. The average Bonchev–Trinajstić information content (AvgIpc) is 2.51. The Morgan fingerprint density at radius 2 is 2.00 bits per heavy atom. The third kappa shape index (κ3) is 2.49. The summed E-state index contributed by atoms with van der Waals surface area (Å²) in [6, 6.07) is 11.7. The fourth-order valence-corrected chi connectivity index (χ4v) is 2.00. The molecular formula is C16H13N3O. The van der Waals surface area contributed by atoms with E-state index in [9.17, 15) is 4.79 Å². The van der Waals surface area contributed by atoms with E-state index in [1.807, 2.05) is 42.5 Å². The van der Waals surface area contributed by atoms with E-state index >= 15 is 0 Å². The molecule has 0 aliphatic carbocycles. The van der Waals surface area contributed by atoms with Gasteiger partial charge in [0.05, 0.1) is 17.2 Å². The van der Waals surface area contributed by atoms with Crippen molar-refractivity contribution >= 4 is 17.0 Å². The zero-order valence-electron chi connectivity index (χ0n) is 10.8. The summed E-state index contributed by atoms with van der Waals surface area (Å²) in [6.45, 7) is 0.492. The van der Waals surface area contributed by atoms with E-state index < -0.39 is 0 Å². The van der Waals surface area contributed by atoms with Crippen molar-refractivity contribution in [3.63, 3.8) is 0 Å². The lowest BCUT2D eigenvalue weighted by Gasteiger charge is -2.02. The van der Waals surface area contributed by atoms with Crippen molar-refractivity contribution in [2.75, 3.05) is 0 Å². The van der Waals surface area contributed by atoms with Crippen LogP contribution in [-0.2, 0) is 6.54 Å². The van der Waals surface area contributed by atoms with Crippen LogP contribution in [0.1, 0.15) is 5.56 Å².